The molecule has 2 atom stereocenters. The van der Waals surface area contributed by atoms with Crippen molar-refractivity contribution < 1.29 is 13.2 Å². The van der Waals surface area contributed by atoms with Gasteiger partial charge in [0.2, 0.25) is 11.9 Å². The van der Waals surface area contributed by atoms with Gasteiger partial charge < -0.3 is 16.4 Å². The van der Waals surface area contributed by atoms with E-state index >= 15 is 0 Å². The standard InChI is InChI=1S/C30H31ClN6O3S/c31-24-14-33-28(35-20-8-6-7-19(13-20)34-27(38)29-16-30(32,17-29)18-29)36-26(24)23-15-37(25-12-5-4-11-22(23)25)41(39,40)21-9-2-1-3-10-21/h1-5,9-12,14-15,19-20H,6-8,13,16-18,32H2,(H,34,38)(H,33,35,36). The van der Waals surface area contributed by atoms with Crippen LogP contribution in [0.25, 0.3) is 22.2 Å². The van der Waals surface area contributed by atoms with E-state index < -0.39 is 10.0 Å². The third kappa shape index (κ3) is 4.49. The van der Waals surface area contributed by atoms with Gasteiger partial charge in [0.25, 0.3) is 10.0 Å². The summed E-state index contributed by atoms with van der Waals surface area (Å²) in [5.41, 5.74) is 7.39. The van der Waals surface area contributed by atoms with Crippen LogP contribution in [0.1, 0.15) is 44.9 Å². The zero-order chi connectivity index (χ0) is 28.4. The van der Waals surface area contributed by atoms with Crippen LogP contribution < -0.4 is 16.4 Å². The SMILES string of the molecule is NC12CC(C(=O)NC3CCCC(Nc4ncc(Cl)c(-c5cn(S(=O)(=O)c6ccccc6)c6ccccc56)n4)C3)(C1)C2. The van der Waals surface area contributed by atoms with Crippen LogP contribution in [-0.4, -0.2) is 45.9 Å². The van der Waals surface area contributed by atoms with Gasteiger partial charge in [0.15, 0.2) is 0 Å². The highest BCUT2D eigenvalue weighted by atomic mass is 35.5. The average molecular weight is 591 g/mol. The van der Waals surface area contributed by atoms with E-state index in [1.54, 1.807) is 48.7 Å². The summed E-state index contributed by atoms with van der Waals surface area (Å²) in [5.74, 6) is 0.552. The first-order valence-electron chi connectivity index (χ1n) is 14.0. The molecule has 41 heavy (non-hydrogen) atoms. The van der Waals surface area contributed by atoms with E-state index in [0.29, 0.717) is 33.1 Å². The summed E-state index contributed by atoms with van der Waals surface area (Å²) in [6, 6.07) is 15.8. The zero-order valence-electron chi connectivity index (χ0n) is 22.4. The van der Waals surface area contributed by atoms with Crippen LogP contribution in [0.5, 0.6) is 0 Å². The molecule has 1 amide bonds. The Hall–Kier alpha value is -3.47. The average Bonchev–Trinajstić information content (AvgIpc) is 3.33. The van der Waals surface area contributed by atoms with Crippen molar-refractivity contribution in [2.75, 3.05) is 5.32 Å². The van der Waals surface area contributed by atoms with Crippen molar-refractivity contribution in [2.45, 2.75) is 67.5 Å². The van der Waals surface area contributed by atoms with E-state index in [0.717, 1.165) is 44.9 Å². The van der Waals surface area contributed by atoms with Crippen LogP contribution in [0.2, 0.25) is 5.02 Å². The number of anilines is 1. The van der Waals surface area contributed by atoms with Gasteiger partial charge >= 0.3 is 0 Å². The molecular weight excluding hydrogens is 560 g/mol. The van der Waals surface area contributed by atoms with Gasteiger partial charge in [0.1, 0.15) is 0 Å². The van der Waals surface area contributed by atoms with E-state index in [4.69, 9.17) is 22.3 Å². The molecule has 4 N–H and O–H groups in total. The van der Waals surface area contributed by atoms with Crippen molar-refractivity contribution in [1.29, 1.82) is 0 Å². The van der Waals surface area contributed by atoms with Crippen LogP contribution in [0, 0.1) is 5.41 Å². The quantitative estimate of drug-likeness (QED) is 0.284. The predicted molar refractivity (Wildman–Crippen MR) is 158 cm³/mol. The smallest absolute Gasteiger partial charge is 0.268 e. The Morgan fingerprint density at radius 1 is 1.02 bits per heavy atom. The summed E-state index contributed by atoms with van der Waals surface area (Å²) in [5, 5.41) is 7.75. The largest absolute Gasteiger partial charge is 0.353 e. The van der Waals surface area contributed by atoms with E-state index in [-0.39, 0.29) is 33.8 Å². The normalized spacial score (nSPS) is 27.1. The number of hydrogen-bond donors (Lipinski definition) is 3. The topological polar surface area (TPSA) is 132 Å². The summed E-state index contributed by atoms with van der Waals surface area (Å²) in [6.45, 7) is 0. The monoisotopic (exact) mass is 590 g/mol. The van der Waals surface area contributed by atoms with Gasteiger partial charge in [0.05, 0.1) is 32.7 Å². The number of carbonyl (C=O) groups is 1. The Balaban J connectivity index is 1.14. The van der Waals surface area contributed by atoms with Crippen LogP contribution in [0.4, 0.5) is 5.95 Å². The Morgan fingerprint density at radius 3 is 2.49 bits per heavy atom. The summed E-state index contributed by atoms with van der Waals surface area (Å²) in [6.07, 6.45) is 9.12. The molecule has 0 spiro atoms. The molecule has 4 aliphatic rings. The van der Waals surface area contributed by atoms with Gasteiger partial charge in [-0.05, 0) is 63.1 Å². The number of aromatic nitrogens is 3. The number of hydrogen-bond acceptors (Lipinski definition) is 7. The number of amides is 1. The number of halogens is 1. The summed E-state index contributed by atoms with van der Waals surface area (Å²) < 4.78 is 28.4. The Labute approximate surface area is 243 Å². The highest BCUT2D eigenvalue weighted by Gasteiger charge is 2.69. The molecule has 11 heteroatoms. The van der Waals surface area contributed by atoms with Gasteiger partial charge in [-0.25, -0.2) is 22.4 Å². The minimum absolute atomic E-state index is 0.0803. The van der Waals surface area contributed by atoms with E-state index in [9.17, 15) is 13.2 Å². The Morgan fingerprint density at radius 2 is 1.73 bits per heavy atom. The fourth-order valence-electron chi connectivity index (χ4n) is 6.95. The maximum atomic E-state index is 13.6. The molecule has 2 unspecified atom stereocenters. The lowest BCUT2D eigenvalue weighted by molar-refractivity contribution is -0.173. The molecular formula is C30H31ClN6O3S. The molecule has 0 radical (unpaired) electrons. The molecule has 4 aromatic rings. The summed E-state index contributed by atoms with van der Waals surface area (Å²) in [4.78, 5) is 22.3. The fourth-order valence-corrected chi connectivity index (χ4v) is 8.53. The zero-order valence-corrected chi connectivity index (χ0v) is 24.0. The maximum absolute atomic E-state index is 13.6. The lowest BCUT2D eigenvalue weighted by Gasteiger charge is -2.67. The van der Waals surface area contributed by atoms with E-state index in [1.165, 1.54) is 10.2 Å². The van der Waals surface area contributed by atoms with Crippen molar-refractivity contribution >= 4 is 44.4 Å². The second-order valence-electron chi connectivity index (χ2n) is 11.9. The van der Waals surface area contributed by atoms with Crippen molar-refractivity contribution in [3.05, 3.63) is 72.0 Å². The van der Waals surface area contributed by atoms with Crippen LogP contribution in [0.3, 0.4) is 0 Å². The second-order valence-corrected chi connectivity index (χ2v) is 14.1. The van der Waals surface area contributed by atoms with Crippen molar-refractivity contribution in [2.24, 2.45) is 11.1 Å². The number of para-hydroxylation sites is 1. The first-order chi connectivity index (χ1) is 19.7. The Bertz CT molecular complexity index is 1750. The molecule has 2 aromatic heterocycles. The van der Waals surface area contributed by atoms with E-state index in [2.05, 4.69) is 15.6 Å². The third-order valence-electron chi connectivity index (χ3n) is 8.87. The van der Waals surface area contributed by atoms with Crippen LogP contribution >= 0.6 is 11.6 Å². The van der Waals surface area contributed by atoms with Gasteiger partial charge in [-0.3, -0.25) is 4.79 Å². The van der Waals surface area contributed by atoms with E-state index in [1.807, 2.05) is 12.1 Å². The molecule has 0 saturated heterocycles. The molecule has 212 valence electrons. The summed E-state index contributed by atoms with van der Waals surface area (Å²) in [7, 11) is -3.85. The second kappa shape index (κ2) is 9.54. The number of nitrogens with one attached hydrogen (secondary N) is 2. The molecule has 4 fully saturated rings. The summed E-state index contributed by atoms with van der Waals surface area (Å²) >= 11 is 6.60. The molecule has 2 aromatic carbocycles. The predicted octanol–water partition coefficient (Wildman–Crippen LogP) is 4.71. The number of rotatable bonds is 7. The minimum Gasteiger partial charge on any atom is -0.353 e. The third-order valence-corrected chi connectivity index (χ3v) is 10.8. The van der Waals surface area contributed by atoms with Crippen molar-refractivity contribution in [3.8, 4) is 11.3 Å². The molecule has 9 nitrogen and oxygen atoms in total. The molecule has 4 aliphatic carbocycles. The Kier molecular flexibility index (Phi) is 6.15. The first kappa shape index (κ1) is 26.4. The fraction of sp³-hybridized carbons (Fsp3) is 0.367. The molecule has 0 aliphatic heterocycles. The van der Waals surface area contributed by atoms with Gasteiger partial charge in [-0.1, -0.05) is 48.0 Å². The molecule has 2 bridgehead atoms. The van der Waals surface area contributed by atoms with Crippen molar-refractivity contribution in [3.63, 3.8) is 0 Å². The number of fused-ring (bicyclic) bond motifs is 1. The molecule has 2 heterocycles. The van der Waals surface area contributed by atoms with Crippen LogP contribution in [-0.2, 0) is 14.8 Å². The highest BCUT2D eigenvalue weighted by molar-refractivity contribution is 7.90. The van der Waals surface area contributed by atoms with Crippen LogP contribution in [0.15, 0.2) is 71.9 Å². The lowest BCUT2D eigenvalue weighted by Crippen LogP contribution is -2.76. The number of benzene rings is 2. The highest BCUT2D eigenvalue weighted by Crippen LogP contribution is 2.65. The maximum Gasteiger partial charge on any atom is 0.268 e. The number of carbonyl (C=O) groups excluding carboxylic acids is 1. The van der Waals surface area contributed by atoms with Gasteiger partial charge in [-0.15, -0.1) is 0 Å². The van der Waals surface area contributed by atoms with Gasteiger partial charge in [-0.2, -0.15) is 0 Å². The lowest BCUT2D eigenvalue weighted by atomic mass is 9.39. The molecule has 8 rings (SSSR count). The molecule has 4 saturated carbocycles. The van der Waals surface area contributed by atoms with Gasteiger partial charge in [0, 0.05) is 34.8 Å². The van der Waals surface area contributed by atoms with Crippen molar-refractivity contribution in [1.82, 2.24) is 19.3 Å². The number of nitrogens with two attached hydrogens (primary N) is 1. The minimum atomic E-state index is -3.85. The number of nitrogens with zero attached hydrogens (tertiary/aromatic N) is 3. The first-order valence-corrected chi connectivity index (χ1v) is 15.8.